The molecule has 2 nitrogen and oxygen atoms in total. The minimum Gasteiger partial charge on any atom is -0.389 e. The van der Waals surface area contributed by atoms with Crippen molar-refractivity contribution in [2.45, 2.75) is 50.9 Å². The van der Waals surface area contributed by atoms with Crippen molar-refractivity contribution in [3.05, 3.63) is 34.3 Å². The second-order valence-corrected chi connectivity index (χ2v) is 6.11. The van der Waals surface area contributed by atoms with Gasteiger partial charge in [-0.3, -0.25) is 0 Å². The van der Waals surface area contributed by atoms with Crippen LogP contribution in [-0.2, 0) is 11.2 Å². The highest BCUT2D eigenvalue weighted by Gasteiger charge is 2.36. The lowest BCUT2D eigenvalue weighted by Crippen LogP contribution is -2.44. The largest absolute Gasteiger partial charge is 0.389 e. The van der Waals surface area contributed by atoms with E-state index in [9.17, 15) is 5.11 Å². The van der Waals surface area contributed by atoms with Crippen LogP contribution >= 0.6 is 15.9 Å². The van der Waals surface area contributed by atoms with Crippen molar-refractivity contribution in [3.8, 4) is 0 Å². The minimum atomic E-state index is -0.620. The molecule has 0 amide bonds. The maximum atomic E-state index is 10.6. The molecule has 94 valence electrons. The highest BCUT2D eigenvalue weighted by Crippen LogP contribution is 2.31. The number of hydrogen-bond acceptors (Lipinski definition) is 2. The predicted molar refractivity (Wildman–Crippen MR) is 72.0 cm³/mol. The second-order valence-electron chi connectivity index (χ2n) is 5.19. The van der Waals surface area contributed by atoms with Crippen molar-refractivity contribution in [2.24, 2.45) is 0 Å². The van der Waals surface area contributed by atoms with Gasteiger partial charge in [-0.15, -0.1) is 0 Å². The van der Waals surface area contributed by atoms with Crippen LogP contribution in [0.5, 0.6) is 0 Å². The molecule has 1 aromatic rings. The van der Waals surface area contributed by atoms with Gasteiger partial charge in [0.25, 0.3) is 0 Å². The Morgan fingerprint density at radius 3 is 2.29 bits per heavy atom. The Labute approximate surface area is 111 Å². The fraction of sp³-hybridized carbons (Fsp3) is 0.571. The molecule has 0 saturated carbocycles. The molecule has 0 aromatic heterocycles. The summed E-state index contributed by atoms with van der Waals surface area (Å²) in [5, 5.41) is 10.6. The zero-order chi connectivity index (χ0) is 12.5. The topological polar surface area (TPSA) is 29.5 Å². The highest BCUT2D eigenvalue weighted by molar-refractivity contribution is 9.10. The van der Waals surface area contributed by atoms with Gasteiger partial charge in [0, 0.05) is 23.7 Å². The first-order valence-corrected chi connectivity index (χ1v) is 6.88. The van der Waals surface area contributed by atoms with Crippen LogP contribution in [-0.4, -0.2) is 22.9 Å². The number of rotatable bonds is 2. The summed E-state index contributed by atoms with van der Waals surface area (Å²) >= 11 is 3.42. The molecule has 1 saturated heterocycles. The van der Waals surface area contributed by atoms with Crippen LogP contribution in [0.2, 0.25) is 0 Å². The molecule has 0 radical (unpaired) electrons. The third-order valence-electron chi connectivity index (χ3n) is 3.25. The molecule has 1 aliphatic heterocycles. The highest BCUT2D eigenvalue weighted by atomic mass is 79.9. The first kappa shape index (κ1) is 13.1. The van der Waals surface area contributed by atoms with Crippen LogP contribution in [0.3, 0.4) is 0 Å². The number of benzene rings is 1. The van der Waals surface area contributed by atoms with E-state index < -0.39 is 5.60 Å². The number of halogens is 1. The van der Waals surface area contributed by atoms with Crippen molar-refractivity contribution < 1.29 is 9.84 Å². The van der Waals surface area contributed by atoms with Crippen molar-refractivity contribution in [1.82, 2.24) is 0 Å². The van der Waals surface area contributed by atoms with Crippen molar-refractivity contribution in [2.75, 3.05) is 0 Å². The quantitative estimate of drug-likeness (QED) is 0.908. The van der Waals surface area contributed by atoms with E-state index in [4.69, 9.17) is 4.74 Å². The Hall–Kier alpha value is -0.380. The molecule has 3 heteroatoms. The first-order chi connectivity index (χ1) is 7.97. The van der Waals surface area contributed by atoms with E-state index >= 15 is 0 Å². The maximum absolute atomic E-state index is 10.6. The summed E-state index contributed by atoms with van der Waals surface area (Å²) in [6.45, 7) is 4.06. The average Bonchev–Trinajstić information content (AvgIpc) is 2.19. The molecule has 1 heterocycles. The van der Waals surface area contributed by atoms with E-state index in [1.165, 1.54) is 5.56 Å². The van der Waals surface area contributed by atoms with Gasteiger partial charge in [-0.2, -0.15) is 0 Å². The molecule has 0 spiro atoms. The van der Waals surface area contributed by atoms with E-state index in [0.29, 0.717) is 19.3 Å². The van der Waals surface area contributed by atoms with Crippen LogP contribution in [0.15, 0.2) is 28.7 Å². The smallest absolute Gasteiger partial charge is 0.0737 e. The minimum absolute atomic E-state index is 0.138. The Balaban J connectivity index is 2.08. The summed E-state index contributed by atoms with van der Waals surface area (Å²) in [5.41, 5.74) is 0.558. The van der Waals surface area contributed by atoms with Crippen molar-refractivity contribution in [3.63, 3.8) is 0 Å². The second kappa shape index (κ2) is 5.09. The lowest BCUT2D eigenvalue weighted by Gasteiger charge is -2.39. The lowest BCUT2D eigenvalue weighted by molar-refractivity contribution is -0.130. The van der Waals surface area contributed by atoms with Crippen LogP contribution in [0.1, 0.15) is 32.3 Å². The Kier molecular flexibility index (Phi) is 3.91. The van der Waals surface area contributed by atoms with Crippen LogP contribution in [0.25, 0.3) is 0 Å². The normalized spacial score (nSPS) is 33.6. The van der Waals surface area contributed by atoms with Crippen LogP contribution < -0.4 is 0 Å². The summed E-state index contributed by atoms with van der Waals surface area (Å²) in [6, 6.07) is 8.16. The lowest BCUT2D eigenvalue weighted by atomic mass is 9.82. The molecule has 1 aromatic carbocycles. The van der Waals surface area contributed by atoms with E-state index in [2.05, 4.69) is 28.1 Å². The zero-order valence-electron chi connectivity index (χ0n) is 10.3. The molecule has 1 fully saturated rings. The van der Waals surface area contributed by atoms with Gasteiger partial charge in [0.2, 0.25) is 0 Å². The third-order valence-corrected chi connectivity index (χ3v) is 3.77. The summed E-state index contributed by atoms with van der Waals surface area (Å²) in [6.07, 6.45) is 2.41. The van der Waals surface area contributed by atoms with Crippen molar-refractivity contribution >= 4 is 15.9 Å². The van der Waals surface area contributed by atoms with E-state index in [1.807, 2.05) is 26.0 Å². The fourth-order valence-corrected chi connectivity index (χ4v) is 3.04. The van der Waals surface area contributed by atoms with Gasteiger partial charge in [-0.05, 0) is 31.5 Å². The Bertz CT molecular complexity index is 364. The summed E-state index contributed by atoms with van der Waals surface area (Å²) in [4.78, 5) is 0. The van der Waals surface area contributed by atoms with Gasteiger partial charge in [0.15, 0.2) is 0 Å². The average molecular weight is 299 g/mol. The van der Waals surface area contributed by atoms with E-state index in [-0.39, 0.29) is 12.2 Å². The molecule has 0 aliphatic carbocycles. The summed E-state index contributed by atoms with van der Waals surface area (Å²) < 4.78 is 6.74. The molecular weight excluding hydrogens is 280 g/mol. The molecule has 17 heavy (non-hydrogen) atoms. The van der Waals surface area contributed by atoms with Gasteiger partial charge in [0.05, 0.1) is 17.8 Å². The molecule has 2 atom stereocenters. The molecule has 1 N–H and O–H groups in total. The molecular formula is C14H19BrO2. The maximum Gasteiger partial charge on any atom is 0.0737 e. The van der Waals surface area contributed by atoms with Gasteiger partial charge >= 0.3 is 0 Å². The van der Waals surface area contributed by atoms with Gasteiger partial charge in [-0.1, -0.05) is 28.1 Å². The fourth-order valence-electron chi connectivity index (χ4n) is 2.77. The molecule has 2 unspecified atom stereocenters. The molecule has 0 bridgehead atoms. The Morgan fingerprint density at radius 1 is 1.24 bits per heavy atom. The van der Waals surface area contributed by atoms with E-state index in [1.54, 1.807) is 0 Å². The molecule has 2 rings (SSSR count). The Morgan fingerprint density at radius 2 is 1.76 bits per heavy atom. The van der Waals surface area contributed by atoms with Gasteiger partial charge < -0.3 is 9.84 Å². The van der Waals surface area contributed by atoms with Crippen molar-refractivity contribution in [1.29, 1.82) is 0 Å². The van der Waals surface area contributed by atoms with Gasteiger partial charge in [0.1, 0.15) is 0 Å². The monoisotopic (exact) mass is 298 g/mol. The predicted octanol–water partition coefficient (Wildman–Crippen LogP) is 3.31. The SMILES string of the molecule is CC1CC(O)(Cc2ccc(Br)cc2)CC(C)O1. The van der Waals surface area contributed by atoms with Gasteiger partial charge in [-0.25, -0.2) is 0 Å². The first-order valence-electron chi connectivity index (χ1n) is 6.09. The van der Waals surface area contributed by atoms with Crippen LogP contribution in [0, 0.1) is 0 Å². The zero-order valence-corrected chi connectivity index (χ0v) is 11.9. The third kappa shape index (κ3) is 3.54. The number of ether oxygens (including phenoxy) is 1. The van der Waals surface area contributed by atoms with E-state index in [0.717, 1.165) is 4.47 Å². The number of hydrogen-bond donors (Lipinski definition) is 1. The summed E-state index contributed by atoms with van der Waals surface area (Å²) in [5.74, 6) is 0. The summed E-state index contributed by atoms with van der Waals surface area (Å²) in [7, 11) is 0. The van der Waals surface area contributed by atoms with Crippen LogP contribution in [0.4, 0.5) is 0 Å². The molecule has 1 aliphatic rings. The number of aliphatic hydroxyl groups is 1. The standard InChI is InChI=1S/C14H19BrO2/c1-10-7-14(16,8-11(2)17-10)9-12-3-5-13(15)6-4-12/h3-6,10-11,16H,7-9H2,1-2H3.